The third-order valence-electron chi connectivity index (χ3n) is 1.05. The minimum Gasteiger partial charge on any atom is -0.269 e. The number of alkyl halides is 1. The van der Waals surface area contributed by atoms with Crippen LogP contribution in [-0.2, 0) is 0 Å². The highest BCUT2D eigenvalue weighted by Gasteiger charge is 2.01. The molecule has 0 aliphatic carbocycles. The Balaban J connectivity index is 2.45. The second kappa shape index (κ2) is 2.60. The summed E-state index contributed by atoms with van der Waals surface area (Å²) in [6.07, 6.45) is 5.26. The molecule has 0 saturated heterocycles. The smallest absolute Gasteiger partial charge is 0.109 e. The Morgan fingerprint density at radius 3 is 3.25 bits per heavy atom. The average molecular weight is 113 g/mol. The van der Waals surface area contributed by atoms with Gasteiger partial charge in [0, 0.05) is 18.8 Å². The monoisotopic (exact) mass is 113 g/mol. The molecule has 44 valence electrons. The Kier molecular flexibility index (Phi) is 1.78. The highest BCUT2D eigenvalue weighted by atomic mass is 19.1. The van der Waals surface area contributed by atoms with Gasteiger partial charge >= 0.3 is 0 Å². The Morgan fingerprint density at radius 2 is 2.38 bits per heavy atom. The van der Waals surface area contributed by atoms with Gasteiger partial charge in [-0.15, -0.1) is 0 Å². The summed E-state index contributed by atoms with van der Waals surface area (Å²) in [7, 11) is 0. The van der Waals surface area contributed by atoms with E-state index in [2.05, 4.69) is 4.99 Å². The molecule has 1 aliphatic rings. The molecule has 0 N–H and O–H groups in total. The van der Waals surface area contributed by atoms with Gasteiger partial charge in [-0.3, -0.25) is 4.99 Å². The maximum atomic E-state index is 12.3. The topological polar surface area (TPSA) is 12.4 Å². The van der Waals surface area contributed by atoms with Crippen LogP contribution in [0.15, 0.2) is 17.3 Å². The number of aliphatic imine (C=N–C) groups is 1. The van der Waals surface area contributed by atoms with E-state index < -0.39 is 6.17 Å². The van der Waals surface area contributed by atoms with Gasteiger partial charge in [-0.2, -0.15) is 0 Å². The first-order chi connectivity index (χ1) is 3.89. The average Bonchev–Trinajstić information content (AvgIpc) is 1.94. The van der Waals surface area contributed by atoms with Crippen LogP contribution in [0, 0.1) is 0 Å². The van der Waals surface area contributed by atoms with Crippen LogP contribution < -0.4 is 0 Å². The van der Waals surface area contributed by atoms with Crippen LogP contribution in [0.3, 0.4) is 0 Å². The van der Waals surface area contributed by atoms with Crippen LogP contribution in [0.2, 0.25) is 0 Å². The van der Waals surface area contributed by atoms with E-state index in [4.69, 9.17) is 0 Å². The molecule has 0 aromatic rings. The summed E-state index contributed by atoms with van der Waals surface area (Å²) in [5.41, 5.74) is 0. The molecule has 0 aromatic carbocycles. The van der Waals surface area contributed by atoms with Crippen molar-refractivity contribution >= 4 is 6.21 Å². The summed E-state index contributed by atoms with van der Waals surface area (Å²) in [5, 5.41) is 0. The maximum absolute atomic E-state index is 12.3. The van der Waals surface area contributed by atoms with Gasteiger partial charge < -0.3 is 0 Å². The summed E-state index contributed by atoms with van der Waals surface area (Å²) in [4.78, 5) is 3.78. The van der Waals surface area contributed by atoms with E-state index in [1.165, 1.54) is 0 Å². The van der Waals surface area contributed by atoms with Crippen molar-refractivity contribution in [2.75, 3.05) is 0 Å². The molecule has 2 heteroatoms. The zero-order chi connectivity index (χ0) is 5.82. The van der Waals surface area contributed by atoms with Crippen molar-refractivity contribution in [1.82, 2.24) is 0 Å². The van der Waals surface area contributed by atoms with Crippen molar-refractivity contribution < 1.29 is 4.39 Å². The fourth-order valence-electron chi connectivity index (χ4n) is 0.602. The fourth-order valence-corrected chi connectivity index (χ4v) is 0.602. The number of allylic oxidation sites excluding steroid dienone is 1. The van der Waals surface area contributed by atoms with Crippen LogP contribution in [0.5, 0.6) is 0 Å². The van der Waals surface area contributed by atoms with Crippen molar-refractivity contribution in [2.24, 2.45) is 4.99 Å². The molecule has 1 rings (SSSR count). The molecule has 1 aliphatic heterocycles. The molecule has 0 amide bonds. The molecule has 0 bridgehead atoms. The normalized spacial score (nSPS) is 27.9. The quantitative estimate of drug-likeness (QED) is 0.453. The van der Waals surface area contributed by atoms with Crippen molar-refractivity contribution in [3.8, 4) is 0 Å². The lowest BCUT2D eigenvalue weighted by Crippen LogP contribution is -1.95. The zero-order valence-corrected chi connectivity index (χ0v) is 4.55. The highest BCUT2D eigenvalue weighted by Crippen LogP contribution is 2.04. The number of halogens is 1. The largest absolute Gasteiger partial charge is 0.269 e. The molecule has 1 nitrogen and oxygen atoms in total. The molecule has 0 aromatic heterocycles. The molecule has 8 heavy (non-hydrogen) atoms. The first-order valence-corrected chi connectivity index (χ1v) is 2.70. The molecular formula is C6H8FN. The lowest BCUT2D eigenvalue weighted by molar-refractivity contribution is 0.350. The Morgan fingerprint density at radius 1 is 1.50 bits per heavy atom. The number of hydrogen-bond donors (Lipinski definition) is 0. The molecule has 1 atom stereocenters. The third-order valence-corrected chi connectivity index (χ3v) is 1.05. The van der Waals surface area contributed by atoms with E-state index in [1.807, 2.05) is 0 Å². The molecular weight excluding hydrogens is 105 g/mol. The van der Waals surface area contributed by atoms with Crippen LogP contribution in [0.1, 0.15) is 12.8 Å². The minimum atomic E-state index is -0.711. The first kappa shape index (κ1) is 5.48. The van der Waals surface area contributed by atoms with Gasteiger partial charge in [0.2, 0.25) is 0 Å². The molecule has 0 spiro atoms. The van der Waals surface area contributed by atoms with E-state index in [1.54, 1.807) is 18.5 Å². The van der Waals surface area contributed by atoms with Gasteiger partial charge in [-0.05, 0) is 6.42 Å². The third kappa shape index (κ3) is 1.45. The van der Waals surface area contributed by atoms with E-state index >= 15 is 0 Å². The van der Waals surface area contributed by atoms with E-state index in [9.17, 15) is 4.39 Å². The first-order valence-electron chi connectivity index (χ1n) is 2.70. The van der Waals surface area contributed by atoms with Gasteiger partial charge in [0.25, 0.3) is 0 Å². The summed E-state index contributed by atoms with van der Waals surface area (Å²) in [5.74, 6) is 0. The predicted octanol–water partition coefficient (Wildman–Crippen LogP) is 1.70. The van der Waals surface area contributed by atoms with E-state index in [0.29, 0.717) is 12.8 Å². The minimum absolute atomic E-state index is 0.465. The molecule has 0 saturated carbocycles. The number of rotatable bonds is 0. The Hall–Kier alpha value is -0.660. The maximum Gasteiger partial charge on any atom is 0.109 e. The van der Waals surface area contributed by atoms with Gasteiger partial charge in [-0.1, -0.05) is 6.08 Å². The van der Waals surface area contributed by atoms with E-state index in [-0.39, 0.29) is 0 Å². The lowest BCUT2D eigenvalue weighted by Gasteiger charge is -1.94. The van der Waals surface area contributed by atoms with Crippen LogP contribution in [0.4, 0.5) is 4.39 Å². The zero-order valence-electron chi connectivity index (χ0n) is 4.55. The van der Waals surface area contributed by atoms with Crippen molar-refractivity contribution in [2.45, 2.75) is 19.0 Å². The standard InChI is InChI=1S/C6H8FN/c7-6-2-1-4-8-5-3-6/h1,4-6H,2-3H2/t6-/m0/s1. The van der Waals surface area contributed by atoms with Crippen molar-refractivity contribution in [3.63, 3.8) is 0 Å². The molecule has 1 heterocycles. The number of nitrogens with zero attached hydrogens (tertiary/aromatic N) is 1. The van der Waals surface area contributed by atoms with Gasteiger partial charge in [-0.25, -0.2) is 4.39 Å². The second-order valence-electron chi connectivity index (χ2n) is 1.79. The SMILES string of the molecule is F[C@H]1CC=CN=CC1. The van der Waals surface area contributed by atoms with Crippen LogP contribution in [0.25, 0.3) is 0 Å². The second-order valence-corrected chi connectivity index (χ2v) is 1.79. The number of hydrogen-bond acceptors (Lipinski definition) is 1. The summed E-state index contributed by atoms with van der Waals surface area (Å²) in [6.45, 7) is 0. The van der Waals surface area contributed by atoms with Gasteiger partial charge in [0.05, 0.1) is 0 Å². The molecule has 0 unspecified atom stereocenters. The molecule has 0 fully saturated rings. The Bertz CT molecular complexity index is 104. The summed E-state index contributed by atoms with van der Waals surface area (Å²) >= 11 is 0. The molecule has 0 radical (unpaired) electrons. The summed E-state index contributed by atoms with van der Waals surface area (Å²) in [6, 6.07) is 0. The van der Waals surface area contributed by atoms with Crippen molar-refractivity contribution in [1.29, 1.82) is 0 Å². The van der Waals surface area contributed by atoms with Gasteiger partial charge in [0.1, 0.15) is 6.17 Å². The summed E-state index contributed by atoms with van der Waals surface area (Å²) < 4.78 is 12.3. The Labute approximate surface area is 47.9 Å². The van der Waals surface area contributed by atoms with Crippen LogP contribution >= 0.6 is 0 Å². The van der Waals surface area contributed by atoms with Crippen molar-refractivity contribution in [3.05, 3.63) is 12.3 Å². The van der Waals surface area contributed by atoms with Crippen LogP contribution in [-0.4, -0.2) is 12.4 Å². The van der Waals surface area contributed by atoms with E-state index in [0.717, 1.165) is 0 Å². The highest BCUT2D eigenvalue weighted by molar-refractivity contribution is 5.59. The van der Waals surface area contributed by atoms with Gasteiger partial charge in [0.15, 0.2) is 0 Å². The fraction of sp³-hybridized carbons (Fsp3) is 0.500. The lowest BCUT2D eigenvalue weighted by atomic mass is 10.2. The predicted molar refractivity (Wildman–Crippen MR) is 31.8 cm³/mol.